The molecule has 2 heterocycles. The van der Waals surface area contributed by atoms with Gasteiger partial charge in [-0.15, -0.1) is 0 Å². The topological polar surface area (TPSA) is 117 Å². The highest BCUT2D eigenvalue weighted by atomic mass is 19.1. The van der Waals surface area contributed by atoms with Crippen LogP contribution < -0.4 is 4.90 Å². The van der Waals surface area contributed by atoms with Crippen molar-refractivity contribution in [1.29, 1.82) is 5.26 Å². The molecule has 0 atom stereocenters. The van der Waals surface area contributed by atoms with Gasteiger partial charge in [0.25, 0.3) is 11.6 Å². The fourth-order valence-electron chi connectivity index (χ4n) is 3.48. The second-order valence-corrected chi connectivity index (χ2v) is 7.26. The van der Waals surface area contributed by atoms with E-state index >= 15 is 0 Å². The lowest BCUT2D eigenvalue weighted by Crippen LogP contribution is -2.49. The van der Waals surface area contributed by atoms with Gasteiger partial charge in [-0.3, -0.25) is 14.9 Å². The van der Waals surface area contributed by atoms with Crippen LogP contribution in [0, 0.1) is 27.3 Å². The van der Waals surface area contributed by atoms with Crippen molar-refractivity contribution in [3.05, 3.63) is 87.2 Å². The zero-order valence-corrected chi connectivity index (χ0v) is 17.3. The van der Waals surface area contributed by atoms with Crippen molar-refractivity contribution >= 4 is 29.6 Å². The van der Waals surface area contributed by atoms with Gasteiger partial charge in [0.2, 0.25) is 17.5 Å². The van der Waals surface area contributed by atoms with Crippen molar-refractivity contribution in [1.82, 2.24) is 9.88 Å². The summed E-state index contributed by atoms with van der Waals surface area (Å²) in [6.07, 6.45) is 3.25. The second kappa shape index (κ2) is 9.32. The van der Waals surface area contributed by atoms with E-state index in [4.69, 9.17) is 4.42 Å². The molecule has 0 spiro atoms. The molecule has 1 saturated heterocycles. The Kier molecular flexibility index (Phi) is 6.13. The normalized spacial score (nSPS) is 13.8. The summed E-state index contributed by atoms with van der Waals surface area (Å²) < 4.78 is 19.7. The fraction of sp³-hybridized carbons (Fsp3) is 0.174. The number of piperazine rings is 1. The molecule has 3 aromatic rings. The number of amides is 1. The number of hydrogen-bond donors (Lipinski definition) is 0. The van der Waals surface area contributed by atoms with Crippen LogP contribution in [0.5, 0.6) is 0 Å². The average molecular weight is 447 g/mol. The Morgan fingerprint density at radius 1 is 1.12 bits per heavy atom. The fourth-order valence-corrected chi connectivity index (χ4v) is 3.48. The number of nitro groups is 1. The van der Waals surface area contributed by atoms with Crippen LogP contribution >= 0.6 is 0 Å². The summed E-state index contributed by atoms with van der Waals surface area (Å²) in [4.78, 5) is 30.4. The number of rotatable bonds is 5. The molecule has 0 unspecified atom stereocenters. The maximum Gasteiger partial charge on any atom is 0.269 e. The molecule has 1 aliphatic heterocycles. The molecule has 10 heteroatoms. The van der Waals surface area contributed by atoms with E-state index < -0.39 is 10.7 Å². The number of aromatic nitrogens is 1. The Hall–Kier alpha value is -4.52. The van der Waals surface area contributed by atoms with Crippen LogP contribution in [-0.4, -0.2) is 46.9 Å². The van der Waals surface area contributed by atoms with E-state index in [1.165, 1.54) is 30.3 Å². The quantitative estimate of drug-likeness (QED) is 0.432. The zero-order chi connectivity index (χ0) is 23.4. The average Bonchev–Trinajstić information content (AvgIpc) is 3.26. The first-order valence-corrected chi connectivity index (χ1v) is 10.1. The highest BCUT2D eigenvalue weighted by Crippen LogP contribution is 2.25. The Labute approximate surface area is 188 Å². The predicted octanol–water partition coefficient (Wildman–Crippen LogP) is 3.73. The van der Waals surface area contributed by atoms with Crippen LogP contribution in [0.2, 0.25) is 0 Å². The van der Waals surface area contributed by atoms with Gasteiger partial charge in [0.05, 0.1) is 10.5 Å². The first-order chi connectivity index (χ1) is 16.0. The van der Waals surface area contributed by atoms with Gasteiger partial charge in [-0.1, -0.05) is 12.1 Å². The van der Waals surface area contributed by atoms with E-state index in [1.54, 1.807) is 35.3 Å². The number of benzene rings is 2. The molecule has 1 aromatic heterocycles. The lowest BCUT2D eigenvalue weighted by atomic mass is 10.1. The van der Waals surface area contributed by atoms with Gasteiger partial charge < -0.3 is 14.2 Å². The van der Waals surface area contributed by atoms with Crippen LogP contribution in [0.1, 0.15) is 27.5 Å². The number of non-ortho nitro benzene ring substituents is 1. The number of nitriles is 1. The summed E-state index contributed by atoms with van der Waals surface area (Å²) in [7, 11) is 0. The number of nitrogens with zero attached hydrogens (tertiary/aromatic N) is 5. The summed E-state index contributed by atoms with van der Waals surface area (Å²) in [6.45, 7) is 1.48. The summed E-state index contributed by atoms with van der Waals surface area (Å²) in [5, 5.41) is 20.2. The molecule has 0 aliphatic carbocycles. The number of oxazole rings is 1. The van der Waals surface area contributed by atoms with Gasteiger partial charge >= 0.3 is 0 Å². The number of nitro benzene ring substituents is 1. The summed E-state index contributed by atoms with van der Waals surface area (Å²) in [5.74, 6) is -0.419. The number of halogens is 1. The summed E-state index contributed by atoms with van der Waals surface area (Å²) in [5.41, 5.74) is 0.846. The summed E-state index contributed by atoms with van der Waals surface area (Å²) in [6, 6.07) is 13.8. The van der Waals surface area contributed by atoms with Crippen molar-refractivity contribution in [2.75, 3.05) is 31.1 Å². The monoisotopic (exact) mass is 447 g/mol. The third kappa shape index (κ3) is 4.72. The first kappa shape index (κ1) is 21.7. The molecule has 0 N–H and O–H groups in total. The van der Waals surface area contributed by atoms with Gasteiger partial charge in [0.1, 0.15) is 11.9 Å². The maximum absolute atomic E-state index is 13.9. The third-order valence-electron chi connectivity index (χ3n) is 5.21. The lowest BCUT2D eigenvalue weighted by Gasteiger charge is -2.34. The summed E-state index contributed by atoms with van der Waals surface area (Å²) >= 11 is 0. The van der Waals surface area contributed by atoms with Gasteiger partial charge in [-0.25, -0.2) is 4.39 Å². The van der Waals surface area contributed by atoms with Crippen LogP contribution in [-0.2, 0) is 0 Å². The van der Waals surface area contributed by atoms with Crippen molar-refractivity contribution in [2.24, 2.45) is 0 Å². The molecule has 1 fully saturated rings. The Balaban J connectivity index is 1.44. The Morgan fingerprint density at radius 2 is 1.82 bits per heavy atom. The van der Waals surface area contributed by atoms with Gasteiger partial charge in [0.15, 0.2) is 0 Å². The van der Waals surface area contributed by atoms with Crippen LogP contribution in [0.4, 0.5) is 16.0 Å². The Bertz CT molecular complexity index is 1250. The van der Waals surface area contributed by atoms with Crippen LogP contribution in [0.15, 0.2) is 52.9 Å². The van der Waals surface area contributed by atoms with Crippen molar-refractivity contribution in [3.8, 4) is 6.07 Å². The van der Waals surface area contributed by atoms with Crippen molar-refractivity contribution in [2.45, 2.75) is 0 Å². The SMILES string of the molecule is N#Cc1nc(/C=C/c2ccc([N+](=O)[O-])cc2)oc1N1CCN(C(=O)c2ccccc2F)CC1. The van der Waals surface area contributed by atoms with Crippen LogP contribution in [0.3, 0.4) is 0 Å². The first-order valence-electron chi connectivity index (χ1n) is 10.1. The molecule has 33 heavy (non-hydrogen) atoms. The van der Waals surface area contributed by atoms with Crippen molar-refractivity contribution in [3.63, 3.8) is 0 Å². The molecule has 1 amide bonds. The minimum Gasteiger partial charge on any atom is -0.420 e. The molecular weight excluding hydrogens is 429 g/mol. The van der Waals surface area contributed by atoms with E-state index in [1.807, 2.05) is 11.0 Å². The van der Waals surface area contributed by atoms with Gasteiger partial charge in [-0.2, -0.15) is 10.2 Å². The van der Waals surface area contributed by atoms with Gasteiger partial charge in [0, 0.05) is 44.4 Å². The van der Waals surface area contributed by atoms with Crippen LogP contribution in [0.25, 0.3) is 12.2 Å². The number of carbonyl (C=O) groups excluding carboxylic acids is 1. The van der Waals surface area contributed by atoms with E-state index in [0.29, 0.717) is 37.6 Å². The lowest BCUT2D eigenvalue weighted by molar-refractivity contribution is -0.384. The van der Waals surface area contributed by atoms with Crippen molar-refractivity contribution < 1.29 is 18.5 Å². The molecule has 9 nitrogen and oxygen atoms in total. The largest absolute Gasteiger partial charge is 0.420 e. The molecule has 0 bridgehead atoms. The molecule has 166 valence electrons. The molecule has 0 radical (unpaired) electrons. The molecule has 4 rings (SSSR count). The molecule has 1 aliphatic rings. The molecule has 0 saturated carbocycles. The second-order valence-electron chi connectivity index (χ2n) is 7.26. The highest BCUT2D eigenvalue weighted by Gasteiger charge is 2.27. The third-order valence-corrected chi connectivity index (χ3v) is 5.21. The maximum atomic E-state index is 13.9. The molecular formula is C23H18FN5O4. The number of hydrogen-bond acceptors (Lipinski definition) is 7. The number of anilines is 1. The minimum absolute atomic E-state index is 0.00930. The van der Waals surface area contributed by atoms with E-state index in [9.17, 15) is 24.6 Å². The van der Waals surface area contributed by atoms with Gasteiger partial charge in [-0.05, 0) is 35.9 Å². The molecule has 2 aromatic carbocycles. The minimum atomic E-state index is -0.559. The van der Waals surface area contributed by atoms with E-state index in [0.717, 1.165) is 0 Å². The smallest absolute Gasteiger partial charge is 0.269 e. The van der Waals surface area contributed by atoms with E-state index in [2.05, 4.69) is 4.98 Å². The van der Waals surface area contributed by atoms with E-state index in [-0.39, 0.29) is 28.7 Å². The zero-order valence-electron chi connectivity index (χ0n) is 17.3. The Morgan fingerprint density at radius 3 is 2.45 bits per heavy atom. The number of carbonyl (C=O) groups is 1. The standard InChI is InChI=1S/C23H18FN5O4/c24-19-4-2-1-3-18(19)22(30)27-11-13-28(14-12-27)23-20(15-25)26-21(33-23)10-7-16-5-8-17(9-6-16)29(31)32/h1-10H,11-14H2/b10-7+. The highest BCUT2D eigenvalue weighted by molar-refractivity contribution is 5.94. The predicted molar refractivity (Wildman–Crippen MR) is 118 cm³/mol.